The van der Waals surface area contributed by atoms with Crippen molar-refractivity contribution in [2.75, 3.05) is 0 Å². The van der Waals surface area contributed by atoms with E-state index in [4.69, 9.17) is 0 Å². The average molecular weight is 286 g/mol. The van der Waals surface area contributed by atoms with Gasteiger partial charge in [-0.15, -0.1) is 15.9 Å². The second-order valence-corrected chi connectivity index (χ2v) is 6.58. The van der Waals surface area contributed by atoms with Gasteiger partial charge in [-0.05, 0) is 11.4 Å². The molecule has 1 aliphatic rings. The number of nitrogens with zero attached hydrogens (tertiary/aromatic N) is 1. The quantitative estimate of drug-likeness (QED) is 0.678. The third-order valence-corrected chi connectivity index (χ3v) is 5.71. The molecule has 4 heteroatoms. The van der Waals surface area contributed by atoms with Crippen LogP contribution in [0.25, 0.3) is 21.0 Å². The van der Waals surface area contributed by atoms with Gasteiger partial charge in [0.15, 0.2) is 11.4 Å². The summed E-state index contributed by atoms with van der Waals surface area (Å²) in [5, 5.41) is 13.8. The predicted octanol–water partition coefficient (Wildman–Crippen LogP) is 3.69. The molecule has 94 valence electrons. The van der Waals surface area contributed by atoms with Gasteiger partial charge in [0.2, 0.25) is 0 Å². The van der Waals surface area contributed by atoms with E-state index in [0.29, 0.717) is 5.88 Å². The number of hydrogen-bond donors (Lipinski definition) is 1. The molecule has 0 saturated heterocycles. The molecule has 0 spiro atoms. The lowest BCUT2D eigenvalue weighted by molar-refractivity contribution is -0.688. The van der Waals surface area contributed by atoms with Crippen LogP contribution >= 0.6 is 22.7 Å². The van der Waals surface area contributed by atoms with Crippen LogP contribution in [0.1, 0.15) is 4.88 Å². The Labute approximate surface area is 119 Å². The molecule has 3 heterocycles. The summed E-state index contributed by atoms with van der Waals surface area (Å²) in [6, 6.07) is 12.3. The second-order valence-electron chi connectivity index (χ2n) is 4.59. The largest absolute Gasteiger partial charge is 0.459 e. The van der Waals surface area contributed by atoms with Crippen LogP contribution in [-0.4, -0.2) is 5.11 Å². The minimum Gasteiger partial charge on any atom is -0.459 e. The standard InChI is InChI=1S/C15H11NOS2/c17-14-13(10-4-2-1-3-5-10)19-15-11-7-9-18-12(11)6-8-16(14)15/h1-5,7,9H,6,8H2/p+1. The topological polar surface area (TPSA) is 24.1 Å². The first-order valence-electron chi connectivity index (χ1n) is 6.22. The third-order valence-electron chi connectivity index (χ3n) is 3.48. The summed E-state index contributed by atoms with van der Waals surface area (Å²) in [6.07, 6.45) is 1.02. The van der Waals surface area contributed by atoms with Crippen LogP contribution in [0.15, 0.2) is 41.8 Å². The van der Waals surface area contributed by atoms with Crippen molar-refractivity contribution in [2.45, 2.75) is 13.0 Å². The molecule has 0 amide bonds. The summed E-state index contributed by atoms with van der Waals surface area (Å²) in [6.45, 7) is 0.873. The molecule has 0 radical (unpaired) electrons. The molecule has 1 aliphatic heterocycles. The zero-order valence-electron chi connectivity index (χ0n) is 10.2. The first-order chi connectivity index (χ1) is 9.34. The van der Waals surface area contributed by atoms with Crippen molar-refractivity contribution < 1.29 is 9.67 Å². The fraction of sp³-hybridized carbons (Fsp3) is 0.133. The molecule has 0 saturated carbocycles. The second kappa shape index (κ2) is 4.18. The number of rotatable bonds is 1. The average Bonchev–Trinajstić information content (AvgIpc) is 3.04. The van der Waals surface area contributed by atoms with Gasteiger partial charge in [-0.25, -0.2) is 0 Å². The number of thiazole rings is 1. The van der Waals surface area contributed by atoms with Crippen LogP contribution in [0.3, 0.4) is 0 Å². The minimum atomic E-state index is 0.406. The van der Waals surface area contributed by atoms with E-state index in [0.717, 1.165) is 23.4 Å². The van der Waals surface area contributed by atoms with E-state index in [-0.39, 0.29) is 0 Å². The molecule has 0 unspecified atom stereocenters. The van der Waals surface area contributed by atoms with E-state index in [1.165, 1.54) is 15.4 Å². The van der Waals surface area contributed by atoms with E-state index in [1.807, 2.05) is 46.2 Å². The van der Waals surface area contributed by atoms with Crippen molar-refractivity contribution >= 4 is 22.7 Å². The van der Waals surface area contributed by atoms with Gasteiger partial charge in [-0.3, -0.25) is 0 Å². The SMILES string of the molecule is Oc1c(-c2ccccc2)sc2[n+]1CCc1sccc1-2. The molecule has 3 aromatic rings. The van der Waals surface area contributed by atoms with Gasteiger partial charge < -0.3 is 5.11 Å². The fourth-order valence-corrected chi connectivity index (χ4v) is 4.71. The Bertz CT molecular complexity index is 743. The molecule has 1 aromatic carbocycles. The van der Waals surface area contributed by atoms with Gasteiger partial charge in [0.05, 0.1) is 5.56 Å². The summed E-state index contributed by atoms with van der Waals surface area (Å²) >= 11 is 3.49. The van der Waals surface area contributed by atoms with E-state index in [1.54, 1.807) is 11.3 Å². The number of thiophene rings is 1. The Morgan fingerprint density at radius 3 is 2.79 bits per heavy atom. The number of benzene rings is 1. The highest BCUT2D eigenvalue weighted by Gasteiger charge is 2.33. The summed E-state index contributed by atoms with van der Waals surface area (Å²) in [4.78, 5) is 2.40. The Morgan fingerprint density at radius 1 is 1.11 bits per heavy atom. The van der Waals surface area contributed by atoms with Crippen molar-refractivity contribution in [1.29, 1.82) is 0 Å². The third kappa shape index (κ3) is 1.64. The van der Waals surface area contributed by atoms with Crippen LogP contribution in [-0.2, 0) is 13.0 Å². The smallest absolute Gasteiger partial charge is 0.385 e. The van der Waals surface area contributed by atoms with Crippen LogP contribution < -0.4 is 4.57 Å². The number of aromatic hydroxyl groups is 1. The van der Waals surface area contributed by atoms with Gasteiger partial charge in [0.1, 0.15) is 0 Å². The van der Waals surface area contributed by atoms with Gasteiger partial charge >= 0.3 is 5.88 Å². The zero-order chi connectivity index (χ0) is 12.8. The van der Waals surface area contributed by atoms with E-state index >= 15 is 0 Å². The first kappa shape index (κ1) is 11.2. The molecule has 1 N–H and O–H groups in total. The molecule has 0 atom stereocenters. The molecule has 0 aliphatic carbocycles. The summed E-state index contributed by atoms with van der Waals surface area (Å²) in [5.41, 5.74) is 2.38. The van der Waals surface area contributed by atoms with Gasteiger partial charge in [0.25, 0.3) is 5.01 Å². The molecule has 2 nitrogen and oxygen atoms in total. The number of hydrogen-bond acceptors (Lipinski definition) is 3. The highest BCUT2D eigenvalue weighted by atomic mass is 32.1. The lowest BCUT2D eigenvalue weighted by Crippen LogP contribution is -2.37. The van der Waals surface area contributed by atoms with E-state index in [2.05, 4.69) is 11.4 Å². The van der Waals surface area contributed by atoms with Crippen molar-refractivity contribution in [2.24, 2.45) is 0 Å². The molecular formula is C15H12NOS2+. The molecule has 0 fully saturated rings. The number of fused-ring (bicyclic) bond motifs is 3. The van der Waals surface area contributed by atoms with Gasteiger partial charge in [-0.1, -0.05) is 41.7 Å². The lowest BCUT2D eigenvalue weighted by atomic mass is 10.1. The Kier molecular flexibility index (Phi) is 2.47. The number of aromatic nitrogens is 1. The normalized spacial score (nSPS) is 13.1. The Hall–Kier alpha value is -1.65. The Morgan fingerprint density at radius 2 is 1.95 bits per heavy atom. The summed E-state index contributed by atoms with van der Waals surface area (Å²) in [5.74, 6) is 0.406. The van der Waals surface area contributed by atoms with E-state index in [9.17, 15) is 5.11 Å². The molecule has 4 rings (SSSR count). The molecule has 0 bridgehead atoms. The monoisotopic (exact) mass is 286 g/mol. The van der Waals surface area contributed by atoms with Crippen molar-refractivity contribution in [3.05, 3.63) is 46.7 Å². The maximum absolute atomic E-state index is 10.5. The van der Waals surface area contributed by atoms with Gasteiger partial charge in [0, 0.05) is 16.9 Å². The summed E-state index contributed by atoms with van der Waals surface area (Å²) in [7, 11) is 0. The zero-order valence-corrected chi connectivity index (χ0v) is 11.8. The molecular weight excluding hydrogens is 274 g/mol. The highest BCUT2D eigenvalue weighted by Crippen LogP contribution is 2.41. The van der Waals surface area contributed by atoms with E-state index < -0.39 is 0 Å². The minimum absolute atomic E-state index is 0.406. The van der Waals surface area contributed by atoms with Crippen molar-refractivity contribution in [3.63, 3.8) is 0 Å². The van der Waals surface area contributed by atoms with Crippen LogP contribution in [0.2, 0.25) is 0 Å². The Balaban J connectivity index is 1.94. The van der Waals surface area contributed by atoms with Crippen molar-refractivity contribution in [3.8, 4) is 26.9 Å². The van der Waals surface area contributed by atoms with Crippen LogP contribution in [0.4, 0.5) is 0 Å². The highest BCUT2D eigenvalue weighted by molar-refractivity contribution is 7.18. The van der Waals surface area contributed by atoms with Crippen molar-refractivity contribution in [1.82, 2.24) is 0 Å². The fourth-order valence-electron chi connectivity index (χ4n) is 2.54. The molecule has 19 heavy (non-hydrogen) atoms. The van der Waals surface area contributed by atoms with Crippen LogP contribution in [0, 0.1) is 0 Å². The maximum Gasteiger partial charge on any atom is 0.385 e. The summed E-state index contributed by atoms with van der Waals surface area (Å²) < 4.78 is 2.04. The first-order valence-corrected chi connectivity index (χ1v) is 7.92. The number of aryl methyl sites for hydroxylation is 1. The van der Waals surface area contributed by atoms with Gasteiger partial charge in [-0.2, -0.15) is 0 Å². The van der Waals surface area contributed by atoms with Crippen LogP contribution in [0.5, 0.6) is 5.88 Å². The maximum atomic E-state index is 10.5. The molecule has 2 aromatic heterocycles. The predicted molar refractivity (Wildman–Crippen MR) is 78.6 cm³/mol. The lowest BCUT2D eigenvalue weighted by Gasteiger charge is -2.05.